The molecule has 1 atom stereocenters. The van der Waals surface area contributed by atoms with Crippen molar-refractivity contribution < 1.29 is 4.74 Å². The molecule has 2 heteroatoms. The Balaban J connectivity index is 1.54. The fourth-order valence-electron chi connectivity index (χ4n) is 2.74. The highest BCUT2D eigenvalue weighted by molar-refractivity contribution is 5.32. The van der Waals surface area contributed by atoms with Gasteiger partial charge in [0.2, 0.25) is 0 Å². The zero-order valence-corrected chi connectivity index (χ0v) is 12.6. The lowest BCUT2D eigenvalue weighted by molar-refractivity contribution is 0.277. The molecule has 0 bridgehead atoms. The summed E-state index contributed by atoms with van der Waals surface area (Å²) in [7, 11) is 0. The molecule has 0 aliphatic carbocycles. The summed E-state index contributed by atoms with van der Waals surface area (Å²) < 4.78 is 5.85. The Morgan fingerprint density at radius 1 is 1.00 bits per heavy atom. The summed E-state index contributed by atoms with van der Waals surface area (Å²) in [5.41, 5.74) is 3.98. The maximum absolute atomic E-state index is 5.85. The Morgan fingerprint density at radius 3 is 2.29 bits per heavy atom. The Bertz CT molecular complexity index is 553. The first-order valence-electron chi connectivity index (χ1n) is 7.80. The molecule has 1 heterocycles. The summed E-state index contributed by atoms with van der Waals surface area (Å²) >= 11 is 0. The number of rotatable bonds is 5. The quantitative estimate of drug-likeness (QED) is 0.902. The lowest BCUT2D eigenvalue weighted by atomic mass is 10.0. The second kappa shape index (κ2) is 6.77. The lowest BCUT2D eigenvalue weighted by Gasteiger charge is -2.12. The summed E-state index contributed by atoms with van der Waals surface area (Å²) in [5, 5.41) is 3.45. The highest BCUT2D eigenvalue weighted by Crippen LogP contribution is 2.17. The van der Waals surface area contributed by atoms with E-state index in [-0.39, 0.29) is 0 Å². The van der Waals surface area contributed by atoms with E-state index >= 15 is 0 Å². The second-order valence-electron chi connectivity index (χ2n) is 5.91. The van der Waals surface area contributed by atoms with Gasteiger partial charge in [-0.15, -0.1) is 0 Å². The van der Waals surface area contributed by atoms with E-state index < -0.39 is 0 Å². The molecule has 1 saturated heterocycles. The predicted molar refractivity (Wildman–Crippen MR) is 86.9 cm³/mol. The molecule has 0 amide bonds. The molecule has 110 valence electrons. The maximum Gasteiger partial charge on any atom is 0.119 e. The molecule has 1 aliphatic heterocycles. The van der Waals surface area contributed by atoms with Crippen LogP contribution in [0.25, 0.3) is 0 Å². The normalized spacial score (nSPS) is 17.9. The first-order chi connectivity index (χ1) is 10.3. The van der Waals surface area contributed by atoms with Crippen molar-refractivity contribution in [2.24, 2.45) is 0 Å². The van der Waals surface area contributed by atoms with Gasteiger partial charge < -0.3 is 10.1 Å². The van der Waals surface area contributed by atoms with Gasteiger partial charge in [0.05, 0.1) is 0 Å². The molecule has 0 saturated carbocycles. The van der Waals surface area contributed by atoms with Gasteiger partial charge in [0.1, 0.15) is 12.4 Å². The van der Waals surface area contributed by atoms with E-state index in [1.807, 2.05) is 0 Å². The van der Waals surface area contributed by atoms with Gasteiger partial charge in [0.25, 0.3) is 0 Å². The van der Waals surface area contributed by atoms with Gasteiger partial charge in [-0.25, -0.2) is 0 Å². The van der Waals surface area contributed by atoms with Crippen molar-refractivity contribution in [1.29, 1.82) is 0 Å². The Kier molecular flexibility index (Phi) is 4.56. The van der Waals surface area contributed by atoms with E-state index in [1.165, 1.54) is 29.5 Å². The molecule has 1 N–H and O–H groups in total. The summed E-state index contributed by atoms with van der Waals surface area (Å²) in [5.74, 6) is 0.969. The van der Waals surface area contributed by atoms with Crippen LogP contribution in [0.5, 0.6) is 5.75 Å². The Labute approximate surface area is 127 Å². The third-order valence-electron chi connectivity index (χ3n) is 4.07. The predicted octanol–water partition coefficient (Wildman–Crippen LogP) is 3.72. The van der Waals surface area contributed by atoms with Gasteiger partial charge in [-0.1, -0.05) is 42.0 Å². The van der Waals surface area contributed by atoms with Gasteiger partial charge in [0, 0.05) is 6.04 Å². The molecule has 0 aromatic heterocycles. The monoisotopic (exact) mass is 281 g/mol. The summed E-state index contributed by atoms with van der Waals surface area (Å²) in [4.78, 5) is 0. The summed E-state index contributed by atoms with van der Waals surface area (Å²) in [6.45, 7) is 4.02. The molecule has 1 aliphatic rings. The van der Waals surface area contributed by atoms with Gasteiger partial charge in [-0.3, -0.25) is 0 Å². The van der Waals surface area contributed by atoms with Gasteiger partial charge in [0.15, 0.2) is 0 Å². The number of aryl methyl sites for hydroxylation is 1. The van der Waals surface area contributed by atoms with E-state index in [4.69, 9.17) is 4.74 Å². The fourth-order valence-corrected chi connectivity index (χ4v) is 2.74. The van der Waals surface area contributed by atoms with Crippen LogP contribution in [0.3, 0.4) is 0 Å². The highest BCUT2D eigenvalue weighted by Gasteiger charge is 2.14. The van der Waals surface area contributed by atoms with Crippen LogP contribution in [0.4, 0.5) is 0 Å². The van der Waals surface area contributed by atoms with Gasteiger partial charge >= 0.3 is 0 Å². The molecule has 0 unspecified atom stereocenters. The van der Waals surface area contributed by atoms with Crippen molar-refractivity contribution in [1.82, 2.24) is 5.32 Å². The third kappa shape index (κ3) is 4.08. The maximum atomic E-state index is 5.85. The van der Waals surface area contributed by atoms with Crippen molar-refractivity contribution in [2.75, 3.05) is 13.2 Å². The van der Waals surface area contributed by atoms with Crippen LogP contribution in [0, 0.1) is 6.92 Å². The third-order valence-corrected chi connectivity index (χ3v) is 4.07. The number of hydrogen-bond acceptors (Lipinski definition) is 2. The molecule has 0 spiro atoms. The first kappa shape index (κ1) is 14.2. The lowest BCUT2D eigenvalue weighted by Crippen LogP contribution is -2.28. The molecule has 0 radical (unpaired) electrons. The van der Waals surface area contributed by atoms with Crippen LogP contribution in [-0.4, -0.2) is 19.2 Å². The van der Waals surface area contributed by atoms with E-state index in [9.17, 15) is 0 Å². The van der Waals surface area contributed by atoms with Crippen LogP contribution in [-0.2, 0) is 6.42 Å². The average Bonchev–Trinajstić information content (AvgIpc) is 3.02. The molecule has 21 heavy (non-hydrogen) atoms. The van der Waals surface area contributed by atoms with Crippen LogP contribution in [0.15, 0.2) is 48.5 Å². The largest absolute Gasteiger partial charge is 0.492 e. The fraction of sp³-hybridized carbons (Fsp3) is 0.368. The zero-order valence-electron chi connectivity index (χ0n) is 12.6. The smallest absolute Gasteiger partial charge is 0.119 e. The minimum atomic E-state index is 0.525. The first-order valence-corrected chi connectivity index (χ1v) is 7.80. The number of hydrogen-bond donors (Lipinski definition) is 1. The van der Waals surface area contributed by atoms with E-state index in [1.54, 1.807) is 0 Å². The van der Waals surface area contributed by atoms with Crippen LogP contribution in [0.2, 0.25) is 0 Å². The van der Waals surface area contributed by atoms with Gasteiger partial charge in [-0.05, 0) is 56.0 Å². The summed E-state index contributed by atoms with van der Waals surface area (Å²) in [6.07, 6.45) is 3.47. The van der Waals surface area contributed by atoms with Crippen molar-refractivity contribution in [2.45, 2.75) is 32.2 Å². The highest BCUT2D eigenvalue weighted by atomic mass is 16.5. The van der Waals surface area contributed by atoms with Crippen LogP contribution >= 0.6 is 0 Å². The number of ether oxygens (including phenoxy) is 1. The zero-order chi connectivity index (χ0) is 14.5. The molecule has 2 nitrogen and oxygen atoms in total. The molecule has 2 aromatic rings. The van der Waals surface area contributed by atoms with Crippen molar-refractivity contribution in [3.05, 3.63) is 65.2 Å². The van der Waals surface area contributed by atoms with E-state index in [0.717, 1.165) is 25.3 Å². The minimum Gasteiger partial charge on any atom is -0.492 e. The molecular formula is C19H23NO. The van der Waals surface area contributed by atoms with Crippen LogP contribution in [0.1, 0.15) is 29.5 Å². The Morgan fingerprint density at radius 2 is 1.67 bits per heavy atom. The van der Waals surface area contributed by atoms with Crippen molar-refractivity contribution >= 4 is 0 Å². The number of nitrogens with one attached hydrogen (secondary N) is 1. The van der Waals surface area contributed by atoms with Gasteiger partial charge in [-0.2, -0.15) is 0 Å². The molecule has 1 fully saturated rings. The van der Waals surface area contributed by atoms with E-state index in [2.05, 4.69) is 60.8 Å². The second-order valence-corrected chi connectivity index (χ2v) is 5.91. The SMILES string of the molecule is Cc1ccc(Cc2ccc(OC[C@H]3CCCN3)cc2)cc1. The molecule has 3 rings (SSSR count). The topological polar surface area (TPSA) is 21.3 Å². The average molecular weight is 281 g/mol. The van der Waals surface area contributed by atoms with Crippen LogP contribution < -0.4 is 10.1 Å². The number of benzene rings is 2. The van der Waals surface area contributed by atoms with Crippen molar-refractivity contribution in [3.63, 3.8) is 0 Å². The molecule has 2 aromatic carbocycles. The molecular weight excluding hydrogens is 258 g/mol. The Hall–Kier alpha value is -1.80. The van der Waals surface area contributed by atoms with E-state index in [0.29, 0.717) is 6.04 Å². The minimum absolute atomic E-state index is 0.525. The summed E-state index contributed by atoms with van der Waals surface area (Å²) in [6, 6.07) is 17.8. The van der Waals surface area contributed by atoms with Crippen molar-refractivity contribution in [3.8, 4) is 5.75 Å². The standard InChI is InChI=1S/C19H23NO/c1-15-4-6-16(7-5-15)13-17-8-10-19(11-9-17)21-14-18-3-2-12-20-18/h4-11,18,20H,2-3,12-14H2,1H3/t18-/m1/s1.